The summed E-state index contributed by atoms with van der Waals surface area (Å²) in [6.07, 6.45) is 5.16. The summed E-state index contributed by atoms with van der Waals surface area (Å²) in [4.78, 5) is 31.0. The van der Waals surface area contributed by atoms with Crippen molar-refractivity contribution in [2.24, 2.45) is 10.9 Å². The number of benzene rings is 1. The van der Waals surface area contributed by atoms with E-state index in [-0.39, 0.29) is 30.0 Å². The highest BCUT2D eigenvalue weighted by atomic mass is 35.5. The van der Waals surface area contributed by atoms with E-state index in [0.29, 0.717) is 36.9 Å². The summed E-state index contributed by atoms with van der Waals surface area (Å²) in [6.45, 7) is 7.09. The van der Waals surface area contributed by atoms with Crippen molar-refractivity contribution in [2.75, 3.05) is 20.2 Å². The number of hydrogen-bond donors (Lipinski definition) is 2. The normalized spacial score (nSPS) is 27.5. The molecule has 2 amide bonds. The second-order valence-electron chi connectivity index (χ2n) is 12.2. The molecule has 1 N–H and O–H groups in total. The number of rotatable bonds is 9. The highest BCUT2D eigenvalue weighted by molar-refractivity contribution is 7.81. The molecule has 0 bridgehead atoms. The molecule has 1 aromatic carbocycles. The molecule has 0 spiro atoms. The molecule has 4 rings (SSSR count). The molecule has 3 fully saturated rings. The van der Waals surface area contributed by atoms with Crippen molar-refractivity contribution >= 4 is 42.1 Å². The molecular weight excluding hydrogens is 573 g/mol. The fraction of sp³-hybridized carbons (Fsp3) is 0.690. The highest BCUT2D eigenvalue weighted by Gasteiger charge is 2.45. The lowest BCUT2D eigenvalue weighted by atomic mass is 9.79. The zero-order chi connectivity index (χ0) is 29.9. The molecule has 0 aromatic heterocycles. The Labute approximate surface area is 251 Å². The minimum Gasteiger partial charge on any atom is -0.484 e. The number of likely N-dealkylation sites (tertiary alicyclic amines) is 1. The lowest BCUT2D eigenvalue weighted by molar-refractivity contribution is -0.124. The summed E-state index contributed by atoms with van der Waals surface area (Å²) >= 11 is 10.5. The summed E-state index contributed by atoms with van der Waals surface area (Å²) < 4.78 is 37.2. The number of nitrogens with zero attached hydrogens (tertiary/aromatic N) is 2. The van der Waals surface area contributed by atoms with Gasteiger partial charge in [-0.15, -0.1) is 12.6 Å². The van der Waals surface area contributed by atoms with Crippen molar-refractivity contribution in [2.45, 2.75) is 101 Å². The Bertz CT molecular complexity index is 1140. The van der Waals surface area contributed by atoms with Gasteiger partial charge in [-0.1, -0.05) is 11.6 Å². The Balaban J connectivity index is 1.38. The van der Waals surface area contributed by atoms with Crippen LogP contribution in [0, 0.1) is 11.7 Å². The number of ether oxygens (including phenoxy) is 4. The first-order valence-corrected chi connectivity index (χ1v) is 15.0. The predicted octanol–water partition coefficient (Wildman–Crippen LogP) is 5.39. The van der Waals surface area contributed by atoms with E-state index >= 15 is 0 Å². The van der Waals surface area contributed by atoms with E-state index < -0.39 is 34.3 Å². The van der Waals surface area contributed by atoms with Crippen molar-refractivity contribution in [3.05, 3.63) is 29.0 Å². The first-order chi connectivity index (χ1) is 19.2. The van der Waals surface area contributed by atoms with Crippen molar-refractivity contribution in [1.29, 1.82) is 0 Å². The fourth-order valence-corrected chi connectivity index (χ4v) is 5.55. The van der Waals surface area contributed by atoms with Gasteiger partial charge in [0.1, 0.15) is 34.2 Å². The Morgan fingerprint density at radius 1 is 1.24 bits per heavy atom. The van der Waals surface area contributed by atoms with Gasteiger partial charge in [-0.05, 0) is 78.4 Å². The van der Waals surface area contributed by atoms with E-state index in [1.807, 2.05) is 6.92 Å². The van der Waals surface area contributed by atoms with E-state index in [1.54, 1.807) is 27.8 Å². The van der Waals surface area contributed by atoms with E-state index in [0.717, 1.165) is 31.7 Å². The number of carbonyl (C=O) groups is 2. The Morgan fingerprint density at radius 3 is 2.56 bits per heavy atom. The number of amides is 2. The molecule has 3 aliphatic rings. The maximum atomic E-state index is 13.7. The van der Waals surface area contributed by atoms with Gasteiger partial charge in [0.2, 0.25) is 5.90 Å². The van der Waals surface area contributed by atoms with Crippen molar-refractivity contribution in [3.63, 3.8) is 0 Å². The van der Waals surface area contributed by atoms with E-state index in [2.05, 4.69) is 10.3 Å². The predicted molar refractivity (Wildman–Crippen MR) is 157 cm³/mol. The molecule has 1 aliphatic heterocycles. The number of nitrogens with one attached hydrogen (secondary N) is 1. The van der Waals surface area contributed by atoms with Crippen LogP contribution in [0.1, 0.15) is 66.2 Å². The number of thiol groups is 1. The standard InChI is InChI=1S/C29H41ClFN3O6S/c1-17(18-12-21(13-18)39-19-6-7-19)38-26(32-5)24-10-11-29(41,16-34(24)27(36)40-28(2,3)4)33-25(35)15-37-20-8-9-22(30)23(31)14-20/h8-9,14,17-19,21,24,41H,6-7,10-13,15-16H2,1-5H3,(H,33,35)/b32-26-/t17?,18?,21?,24-,29-/m1/s1. The van der Waals surface area contributed by atoms with Gasteiger partial charge in [0.05, 0.1) is 23.8 Å². The molecule has 9 nitrogen and oxygen atoms in total. The van der Waals surface area contributed by atoms with Crippen LogP contribution >= 0.6 is 24.2 Å². The Morgan fingerprint density at radius 2 is 1.95 bits per heavy atom. The van der Waals surface area contributed by atoms with Gasteiger partial charge >= 0.3 is 6.09 Å². The Kier molecular flexibility index (Phi) is 10.0. The summed E-state index contributed by atoms with van der Waals surface area (Å²) in [5, 5.41) is 2.82. The van der Waals surface area contributed by atoms with Gasteiger partial charge in [-0.2, -0.15) is 0 Å². The summed E-state index contributed by atoms with van der Waals surface area (Å²) in [6, 6.07) is 3.45. The average molecular weight is 614 g/mol. The summed E-state index contributed by atoms with van der Waals surface area (Å²) in [5.74, 6) is -0.146. The van der Waals surface area contributed by atoms with Crippen molar-refractivity contribution < 1.29 is 32.9 Å². The zero-order valence-corrected chi connectivity index (χ0v) is 26.0. The second kappa shape index (κ2) is 13.0. The molecule has 228 valence electrons. The minimum absolute atomic E-state index is 0.0389. The third kappa shape index (κ3) is 8.88. The summed E-state index contributed by atoms with van der Waals surface area (Å²) in [7, 11) is 1.65. The van der Waals surface area contributed by atoms with Gasteiger partial charge in [-0.3, -0.25) is 14.7 Å². The quantitative estimate of drug-likeness (QED) is 0.168. The first kappa shape index (κ1) is 31.7. The van der Waals surface area contributed by atoms with Crippen molar-refractivity contribution in [1.82, 2.24) is 10.2 Å². The monoisotopic (exact) mass is 613 g/mol. The van der Waals surface area contributed by atoms with Crippen molar-refractivity contribution in [3.8, 4) is 5.75 Å². The molecule has 1 heterocycles. The molecular formula is C29H41ClFN3O6S. The third-order valence-corrected chi connectivity index (χ3v) is 8.20. The molecule has 1 aromatic rings. The first-order valence-electron chi connectivity index (χ1n) is 14.1. The Hall–Kier alpha value is -2.24. The van der Waals surface area contributed by atoms with Crippen LogP contribution < -0.4 is 10.1 Å². The van der Waals surface area contributed by atoms with Crippen LogP contribution in [0.25, 0.3) is 0 Å². The average Bonchev–Trinajstić information content (AvgIpc) is 3.68. The molecule has 2 saturated carbocycles. The number of carbonyl (C=O) groups excluding carboxylic acids is 2. The maximum absolute atomic E-state index is 13.7. The highest BCUT2D eigenvalue weighted by Crippen LogP contribution is 2.39. The van der Waals surface area contributed by atoms with Crippen LogP contribution in [0.3, 0.4) is 0 Å². The zero-order valence-electron chi connectivity index (χ0n) is 24.3. The van der Waals surface area contributed by atoms with Crippen LogP contribution in [0.5, 0.6) is 5.75 Å². The van der Waals surface area contributed by atoms with Crippen LogP contribution in [-0.4, -0.2) is 77.8 Å². The second-order valence-corrected chi connectivity index (χ2v) is 13.4. The van der Waals surface area contributed by atoms with Gasteiger partial charge in [0.25, 0.3) is 5.91 Å². The van der Waals surface area contributed by atoms with Crippen LogP contribution in [0.4, 0.5) is 9.18 Å². The summed E-state index contributed by atoms with van der Waals surface area (Å²) in [5.41, 5.74) is -0.733. The molecule has 3 atom stereocenters. The van der Waals surface area contributed by atoms with Gasteiger partial charge in [0.15, 0.2) is 6.61 Å². The topological polar surface area (TPSA) is 98.7 Å². The smallest absolute Gasteiger partial charge is 0.411 e. The lowest BCUT2D eigenvalue weighted by Gasteiger charge is -2.45. The van der Waals surface area contributed by atoms with Gasteiger partial charge in [-0.25, -0.2) is 9.18 Å². The largest absolute Gasteiger partial charge is 0.484 e. The van der Waals surface area contributed by atoms with Gasteiger partial charge in [0, 0.05) is 19.0 Å². The maximum Gasteiger partial charge on any atom is 0.411 e. The lowest BCUT2D eigenvalue weighted by Crippen LogP contribution is -2.62. The third-order valence-electron chi connectivity index (χ3n) is 7.42. The number of hydrogen-bond acceptors (Lipinski definition) is 8. The number of piperidine rings is 1. The minimum atomic E-state index is -1.06. The number of aliphatic imine (C=N–C) groups is 1. The fourth-order valence-electron chi connectivity index (χ4n) is 5.03. The molecule has 0 radical (unpaired) electrons. The molecule has 1 saturated heterocycles. The van der Waals surface area contributed by atoms with E-state index in [1.165, 1.54) is 17.0 Å². The molecule has 2 aliphatic carbocycles. The number of halogens is 2. The molecule has 41 heavy (non-hydrogen) atoms. The van der Waals surface area contributed by atoms with Crippen LogP contribution in [-0.2, 0) is 19.0 Å². The molecule has 1 unspecified atom stereocenters. The SMILES string of the molecule is C/N=C(\OC(C)C1CC(OC2CC2)C1)[C@H]1CC[C@](S)(NC(=O)COc2ccc(Cl)c(F)c2)CN1C(=O)OC(C)(C)C. The van der Waals surface area contributed by atoms with E-state index in [4.69, 9.17) is 43.2 Å². The van der Waals surface area contributed by atoms with Crippen LogP contribution in [0.2, 0.25) is 5.02 Å². The van der Waals surface area contributed by atoms with E-state index in [9.17, 15) is 14.0 Å². The molecule has 12 heteroatoms. The van der Waals surface area contributed by atoms with Gasteiger partial charge < -0.3 is 24.3 Å². The van der Waals surface area contributed by atoms with Crippen LogP contribution in [0.15, 0.2) is 23.2 Å².